The molecule has 1 saturated heterocycles. The number of nitrogens with one attached hydrogen (secondary N) is 1. The molecule has 2 amide bonds. The third-order valence-electron chi connectivity index (χ3n) is 8.65. The number of rotatable bonds is 4. The summed E-state index contributed by atoms with van der Waals surface area (Å²) in [6.07, 6.45) is 2.93. The van der Waals surface area contributed by atoms with Gasteiger partial charge in [0.25, 0.3) is 5.91 Å². The molecule has 0 bridgehead atoms. The maximum Gasteiger partial charge on any atom is 0.251 e. The number of halogens is 1. The molecule has 1 aromatic rings. The van der Waals surface area contributed by atoms with Crippen LogP contribution in [-0.4, -0.2) is 60.3 Å². The second-order valence-electron chi connectivity index (χ2n) is 10.6. The Balaban J connectivity index is 1.47. The Hall–Kier alpha value is -1.99. The fraction of sp³-hybridized carbons (Fsp3) is 0.692. The van der Waals surface area contributed by atoms with E-state index in [0.717, 1.165) is 25.7 Å². The molecule has 2 saturated carbocycles. The van der Waals surface area contributed by atoms with Crippen LogP contribution in [0.15, 0.2) is 24.3 Å². The van der Waals surface area contributed by atoms with Gasteiger partial charge in [0.1, 0.15) is 5.82 Å². The minimum Gasteiger partial charge on any atom is -0.392 e. The molecular formula is C26H37FN2O4. The second-order valence-corrected chi connectivity index (χ2v) is 10.6. The van der Waals surface area contributed by atoms with Crippen LogP contribution < -0.4 is 5.32 Å². The van der Waals surface area contributed by atoms with Crippen LogP contribution in [0, 0.1) is 34.9 Å². The SMILES string of the molecule is C[C@@H]1[C@@H]2[C@@H](O)[C@H]([C@H](C)C(=O)N3CCOCC3)CC[C@]2(C)CC[C@@H]1NC(=O)c1cccc(F)c1. The number of nitrogens with zero attached hydrogens (tertiary/aromatic N) is 1. The Bertz CT molecular complexity index is 874. The molecule has 0 radical (unpaired) electrons. The Morgan fingerprint density at radius 1 is 1.24 bits per heavy atom. The van der Waals surface area contributed by atoms with E-state index in [9.17, 15) is 19.1 Å². The van der Waals surface area contributed by atoms with Gasteiger partial charge in [-0.1, -0.05) is 26.8 Å². The zero-order valence-corrected chi connectivity index (χ0v) is 19.9. The van der Waals surface area contributed by atoms with Gasteiger partial charge in [-0.3, -0.25) is 9.59 Å². The molecule has 1 aromatic carbocycles. The van der Waals surface area contributed by atoms with E-state index in [1.807, 2.05) is 11.8 Å². The van der Waals surface area contributed by atoms with Crippen LogP contribution in [0.5, 0.6) is 0 Å². The summed E-state index contributed by atoms with van der Waals surface area (Å²) in [6, 6.07) is 5.62. The van der Waals surface area contributed by atoms with Gasteiger partial charge in [-0.2, -0.15) is 0 Å². The molecule has 6 nitrogen and oxygen atoms in total. The number of hydrogen-bond acceptors (Lipinski definition) is 4. The lowest BCUT2D eigenvalue weighted by molar-refractivity contribution is -0.153. The van der Waals surface area contributed by atoms with Crippen molar-refractivity contribution in [3.05, 3.63) is 35.6 Å². The Morgan fingerprint density at radius 3 is 2.64 bits per heavy atom. The van der Waals surface area contributed by atoms with Crippen LogP contribution in [-0.2, 0) is 9.53 Å². The molecule has 2 N–H and O–H groups in total. The zero-order chi connectivity index (χ0) is 23.8. The summed E-state index contributed by atoms with van der Waals surface area (Å²) in [5.74, 6) is -0.933. The first-order valence-electron chi connectivity index (χ1n) is 12.3. The highest BCUT2D eigenvalue weighted by atomic mass is 19.1. The smallest absolute Gasteiger partial charge is 0.251 e. The van der Waals surface area contributed by atoms with E-state index < -0.39 is 11.9 Å². The van der Waals surface area contributed by atoms with Gasteiger partial charge in [-0.25, -0.2) is 4.39 Å². The Labute approximate surface area is 195 Å². The third-order valence-corrected chi connectivity index (χ3v) is 8.65. The topological polar surface area (TPSA) is 78.9 Å². The number of carbonyl (C=O) groups is 2. The Morgan fingerprint density at radius 2 is 1.94 bits per heavy atom. The molecule has 7 atom stereocenters. The minimum absolute atomic E-state index is 0.0113. The van der Waals surface area contributed by atoms with Crippen molar-refractivity contribution in [3.8, 4) is 0 Å². The molecule has 4 rings (SSSR count). The third kappa shape index (κ3) is 4.80. The molecular weight excluding hydrogens is 423 g/mol. The van der Waals surface area contributed by atoms with Gasteiger partial charge in [0.05, 0.1) is 19.3 Å². The zero-order valence-electron chi connectivity index (χ0n) is 19.9. The van der Waals surface area contributed by atoms with Crippen molar-refractivity contribution in [2.75, 3.05) is 26.3 Å². The summed E-state index contributed by atoms with van der Waals surface area (Å²) in [5, 5.41) is 14.7. The van der Waals surface area contributed by atoms with Crippen molar-refractivity contribution in [2.24, 2.45) is 29.1 Å². The van der Waals surface area contributed by atoms with Crippen molar-refractivity contribution < 1.29 is 23.8 Å². The number of aliphatic hydroxyl groups excluding tert-OH is 1. The summed E-state index contributed by atoms with van der Waals surface area (Å²) < 4.78 is 19.0. The fourth-order valence-electron chi connectivity index (χ4n) is 6.63. The van der Waals surface area contributed by atoms with E-state index in [4.69, 9.17) is 4.74 Å². The largest absolute Gasteiger partial charge is 0.392 e. The van der Waals surface area contributed by atoms with E-state index >= 15 is 0 Å². The summed E-state index contributed by atoms with van der Waals surface area (Å²) in [4.78, 5) is 27.8. The van der Waals surface area contributed by atoms with Crippen molar-refractivity contribution in [2.45, 2.75) is 58.6 Å². The molecule has 0 unspecified atom stereocenters. The molecule has 3 aliphatic rings. The van der Waals surface area contributed by atoms with Crippen molar-refractivity contribution >= 4 is 11.8 Å². The number of carbonyl (C=O) groups excluding carboxylic acids is 2. The van der Waals surface area contributed by atoms with Gasteiger partial charge >= 0.3 is 0 Å². The van der Waals surface area contributed by atoms with Crippen LogP contribution in [0.2, 0.25) is 0 Å². The van der Waals surface area contributed by atoms with Crippen molar-refractivity contribution in [3.63, 3.8) is 0 Å². The van der Waals surface area contributed by atoms with Gasteiger partial charge in [0, 0.05) is 30.6 Å². The van der Waals surface area contributed by atoms with E-state index in [1.165, 1.54) is 18.2 Å². The van der Waals surface area contributed by atoms with Gasteiger partial charge in [0.2, 0.25) is 5.91 Å². The first-order chi connectivity index (χ1) is 15.7. The fourth-order valence-corrected chi connectivity index (χ4v) is 6.63. The first-order valence-corrected chi connectivity index (χ1v) is 12.3. The summed E-state index contributed by atoms with van der Waals surface area (Å²) in [5.41, 5.74) is 0.291. The maximum absolute atomic E-state index is 13.6. The molecule has 1 aliphatic heterocycles. The summed E-state index contributed by atoms with van der Waals surface area (Å²) >= 11 is 0. The van der Waals surface area contributed by atoms with Gasteiger partial charge in [-0.05, 0) is 67.1 Å². The highest BCUT2D eigenvalue weighted by Gasteiger charge is 2.54. The van der Waals surface area contributed by atoms with Crippen LogP contribution in [0.1, 0.15) is 56.8 Å². The molecule has 33 heavy (non-hydrogen) atoms. The van der Waals surface area contributed by atoms with E-state index in [1.54, 1.807) is 6.07 Å². The number of ether oxygens (including phenoxy) is 1. The molecule has 3 fully saturated rings. The Kier molecular flexibility index (Phi) is 7.10. The monoisotopic (exact) mass is 460 g/mol. The molecule has 7 heteroatoms. The molecule has 1 heterocycles. The quantitative estimate of drug-likeness (QED) is 0.723. The number of morpholine rings is 1. The molecule has 2 aliphatic carbocycles. The predicted octanol–water partition coefficient (Wildman–Crippen LogP) is 3.24. The number of fused-ring (bicyclic) bond motifs is 1. The number of benzene rings is 1. The van der Waals surface area contributed by atoms with Crippen molar-refractivity contribution in [1.82, 2.24) is 10.2 Å². The molecule has 182 valence electrons. The highest BCUT2D eigenvalue weighted by Crippen LogP contribution is 2.55. The molecule has 0 spiro atoms. The average Bonchev–Trinajstić information content (AvgIpc) is 2.80. The van der Waals surface area contributed by atoms with Gasteiger partial charge < -0.3 is 20.1 Å². The van der Waals surface area contributed by atoms with Crippen LogP contribution >= 0.6 is 0 Å². The lowest BCUT2D eigenvalue weighted by Crippen LogP contribution is -2.59. The summed E-state index contributed by atoms with van der Waals surface area (Å²) in [7, 11) is 0. The molecule has 0 aromatic heterocycles. The van der Waals surface area contributed by atoms with Crippen LogP contribution in [0.3, 0.4) is 0 Å². The van der Waals surface area contributed by atoms with E-state index in [2.05, 4.69) is 19.2 Å². The van der Waals surface area contributed by atoms with E-state index in [0.29, 0.717) is 31.9 Å². The lowest BCUT2D eigenvalue weighted by atomic mass is 9.51. The summed E-state index contributed by atoms with van der Waals surface area (Å²) in [6.45, 7) is 8.64. The standard InChI is InChI=1S/C26H37FN2O4/c1-16(25(32)29-11-13-33-14-12-29)20-7-9-26(3)10-8-21(17(2)22(26)23(20)30)28-24(31)18-5-4-6-19(27)15-18/h4-6,15-17,20-23,30H,7-14H2,1-3H3,(H,28,31)/t16-,17-,20-,21-,22+,23-,26+/m0/s1. The number of aliphatic hydroxyl groups is 1. The minimum atomic E-state index is -0.604. The van der Waals surface area contributed by atoms with E-state index in [-0.39, 0.29) is 46.9 Å². The van der Waals surface area contributed by atoms with Crippen molar-refractivity contribution in [1.29, 1.82) is 0 Å². The normalized spacial score (nSPS) is 35.4. The average molecular weight is 461 g/mol. The van der Waals surface area contributed by atoms with Gasteiger partial charge in [-0.15, -0.1) is 0 Å². The number of amides is 2. The van der Waals surface area contributed by atoms with Crippen LogP contribution in [0.25, 0.3) is 0 Å². The first kappa shape index (κ1) is 24.1. The lowest BCUT2D eigenvalue weighted by Gasteiger charge is -2.56. The second kappa shape index (κ2) is 9.71. The van der Waals surface area contributed by atoms with Gasteiger partial charge in [0.15, 0.2) is 0 Å². The number of hydrogen-bond donors (Lipinski definition) is 2. The predicted molar refractivity (Wildman–Crippen MR) is 123 cm³/mol. The van der Waals surface area contributed by atoms with Crippen LogP contribution in [0.4, 0.5) is 4.39 Å². The highest BCUT2D eigenvalue weighted by molar-refractivity contribution is 5.94. The maximum atomic E-state index is 13.6.